The molecule has 4 heteroatoms. The van der Waals surface area contributed by atoms with E-state index >= 15 is 0 Å². The normalized spacial score (nSPS) is 10.5. The topological polar surface area (TPSA) is 56.5 Å². The Labute approximate surface area is 120 Å². The number of fused-ring (bicyclic) bond motifs is 1. The van der Waals surface area contributed by atoms with Gasteiger partial charge in [-0.25, -0.2) is 4.79 Å². The maximum Gasteiger partial charge on any atom is 0.338 e. The van der Waals surface area contributed by atoms with Crippen molar-refractivity contribution in [3.63, 3.8) is 0 Å². The second-order valence-corrected chi connectivity index (χ2v) is 4.52. The summed E-state index contributed by atoms with van der Waals surface area (Å²) in [5.41, 5.74) is 0.791. The predicted octanol–water partition coefficient (Wildman–Crippen LogP) is 3.15. The molecule has 0 aliphatic heterocycles. The largest absolute Gasteiger partial charge is 0.457 e. The number of ether oxygens (including phenoxy) is 1. The Kier molecular flexibility index (Phi) is 3.51. The highest BCUT2D eigenvalue weighted by Crippen LogP contribution is 2.13. The molecule has 0 bridgehead atoms. The number of para-hydroxylation sites is 1. The van der Waals surface area contributed by atoms with Gasteiger partial charge in [0, 0.05) is 6.07 Å². The fourth-order valence-corrected chi connectivity index (χ4v) is 2.02. The molecule has 0 N–H and O–H groups in total. The van der Waals surface area contributed by atoms with Crippen molar-refractivity contribution in [1.29, 1.82) is 0 Å². The summed E-state index contributed by atoms with van der Waals surface area (Å²) in [6.07, 6.45) is 0. The Morgan fingerprint density at radius 2 is 1.71 bits per heavy atom. The van der Waals surface area contributed by atoms with Crippen LogP contribution >= 0.6 is 0 Å². The van der Waals surface area contributed by atoms with Gasteiger partial charge in [-0.3, -0.25) is 4.79 Å². The molecular weight excluding hydrogens is 268 g/mol. The Balaban J connectivity index is 1.80. The van der Waals surface area contributed by atoms with E-state index in [4.69, 9.17) is 9.15 Å². The van der Waals surface area contributed by atoms with Crippen LogP contribution < -0.4 is 5.43 Å². The van der Waals surface area contributed by atoms with Crippen LogP contribution in [0.15, 0.2) is 69.9 Å². The monoisotopic (exact) mass is 280 g/mol. The summed E-state index contributed by atoms with van der Waals surface area (Å²) in [7, 11) is 0. The molecule has 0 atom stereocenters. The lowest BCUT2D eigenvalue weighted by atomic mass is 10.2. The van der Waals surface area contributed by atoms with Gasteiger partial charge in [-0.15, -0.1) is 0 Å². The summed E-state index contributed by atoms with van der Waals surface area (Å²) in [6.45, 7) is -0.0756. The SMILES string of the molecule is O=C(OCc1cc(=O)c2ccccc2o1)c1ccccc1. The van der Waals surface area contributed by atoms with Crippen LogP contribution in [0.25, 0.3) is 11.0 Å². The Hall–Kier alpha value is -2.88. The fourth-order valence-electron chi connectivity index (χ4n) is 2.02. The summed E-state index contributed by atoms with van der Waals surface area (Å²) in [6, 6.07) is 17.0. The fraction of sp³-hybridized carbons (Fsp3) is 0.0588. The summed E-state index contributed by atoms with van der Waals surface area (Å²) >= 11 is 0. The van der Waals surface area contributed by atoms with Crippen molar-refractivity contribution in [2.75, 3.05) is 0 Å². The van der Waals surface area contributed by atoms with E-state index in [9.17, 15) is 9.59 Å². The number of hydrogen-bond acceptors (Lipinski definition) is 4. The zero-order valence-corrected chi connectivity index (χ0v) is 11.1. The quantitative estimate of drug-likeness (QED) is 0.691. The number of rotatable bonds is 3. The molecule has 0 saturated heterocycles. The van der Waals surface area contributed by atoms with E-state index in [0.717, 1.165) is 0 Å². The first-order valence-corrected chi connectivity index (χ1v) is 6.48. The Morgan fingerprint density at radius 1 is 1.00 bits per heavy atom. The van der Waals surface area contributed by atoms with E-state index in [1.807, 2.05) is 6.07 Å². The number of benzene rings is 2. The highest BCUT2D eigenvalue weighted by Gasteiger charge is 2.09. The molecule has 1 aromatic heterocycles. The van der Waals surface area contributed by atoms with Crippen LogP contribution in [0.3, 0.4) is 0 Å². The number of hydrogen-bond donors (Lipinski definition) is 0. The average molecular weight is 280 g/mol. The van der Waals surface area contributed by atoms with Gasteiger partial charge in [-0.1, -0.05) is 30.3 Å². The van der Waals surface area contributed by atoms with E-state index < -0.39 is 5.97 Å². The van der Waals surface area contributed by atoms with Gasteiger partial charge in [0.1, 0.15) is 18.0 Å². The third kappa shape index (κ3) is 2.84. The molecule has 2 aromatic carbocycles. The van der Waals surface area contributed by atoms with Crippen LogP contribution in [0, 0.1) is 0 Å². The van der Waals surface area contributed by atoms with Gasteiger partial charge in [-0.2, -0.15) is 0 Å². The first-order chi connectivity index (χ1) is 10.2. The Morgan fingerprint density at radius 3 is 2.52 bits per heavy atom. The van der Waals surface area contributed by atoms with Gasteiger partial charge in [0.05, 0.1) is 10.9 Å². The molecule has 3 aromatic rings. The van der Waals surface area contributed by atoms with Crippen molar-refractivity contribution in [1.82, 2.24) is 0 Å². The van der Waals surface area contributed by atoms with Gasteiger partial charge >= 0.3 is 5.97 Å². The van der Waals surface area contributed by atoms with E-state index in [-0.39, 0.29) is 12.0 Å². The summed E-state index contributed by atoms with van der Waals surface area (Å²) in [4.78, 5) is 23.7. The summed E-state index contributed by atoms with van der Waals surface area (Å²) in [5.74, 6) is -0.130. The minimum Gasteiger partial charge on any atom is -0.457 e. The molecule has 0 unspecified atom stereocenters. The zero-order chi connectivity index (χ0) is 14.7. The van der Waals surface area contributed by atoms with Crippen molar-refractivity contribution in [3.05, 3.63) is 82.2 Å². The molecule has 0 radical (unpaired) electrons. The van der Waals surface area contributed by atoms with Gasteiger partial charge in [0.15, 0.2) is 5.43 Å². The highest BCUT2D eigenvalue weighted by molar-refractivity contribution is 5.89. The van der Waals surface area contributed by atoms with E-state index in [1.165, 1.54) is 6.07 Å². The van der Waals surface area contributed by atoms with Crippen molar-refractivity contribution in [2.45, 2.75) is 6.61 Å². The second-order valence-electron chi connectivity index (χ2n) is 4.52. The molecule has 0 aliphatic rings. The first-order valence-electron chi connectivity index (χ1n) is 6.48. The lowest BCUT2D eigenvalue weighted by Gasteiger charge is -2.05. The van der Waals surface area contributed by atoms with Crippen LogP contribution in [0.2, 0.25) is 0 Å². The molecule has 4 nitrogen and oxygen atoms in total. The maximum atomic E-state index is 11.9. The summed E-state index contributed by atoms with van der Waals surface area (Å²) < 4.78 is 10.7. The number of esters is 1. The average Bonchev–Trinajstić information content (AvgIpc) is 2.53. The van der Waals surface area contributed by atoms with E-state index in [1.54, 1.807) is 48.5 Å². The zero-order valence-electron chi connectivity index (χ0n) is 11.1. The minimum atomic E-state index is -0.452. The highest BCUT2D eigenvalue weighted by atomic mass is 16.5. The van der Waals surface area contributed by atoms with E-state index in [2.05, 4.69) is 0 Å². The predicted molar refractivity (Wildman–Crippen MR) is 78.0 cm³/mol. The van der Waals surface area contributed by atoms with Crippen molar-refractivity contribution < 1.29 is 13.9 Å². The van der Waals surface area contributed by atoms with Gasteiger partial charge < -0.3 is 9.15 Å². The van der Waals surface area contributed by atoms with Crippen LogP contribution in [0.5, 0.6) is 0 Å². The van der Waals surface area contributed by atoms with Crippen LogP contribution in [-0.2, 0) is 11.3 Å². The van der Waals surface area contributed by atoms with Gasteiger partial charge in [0.25, 0.3) is 0 Å². The van der Waals surface area contributed by atoms with Gasteiger partial charge in [-0.05, 0) is 24.3 Å². The van der Waals surface area contributed by atoms with Crippen molar-refractivity contribution in [2.24, 2.45) is 0 Å². The third-order valence-electron chi connectivity index (χ3n) is 3.04. The molecule has 0 amide bonds. The summed E-state index contributed by atoms with van der Waals surface area (Å²) in [5, 5.41) is 0.510. The number of carbonyl (C=O) groups excluding carboxylic acids is 1. The molecule has 3 rings (SSSR count). The molecule has 0 saturated carbocycles. The maximum absolute atomic E-state index is 11.9. The first kappa shape index (κ1) is 13.1. The molecule has 21 heavy (non-hydrogen) atoms. The van der Waals surface area contributed by atoms with E-state index in [0.29, 0.717) is 22.3 Å². The molecule has 1 heterocycles. The molecule has 0 fully saturated rings. The van der Waals surface area contributed by atoms with Crippen molar-refractivity contribution in [3.8, 4) is 0 Å². The smallest absolute Gasteiger partial charge is 0.338 e. The second kappa shape index (κ2) is 5.63. The lowest BCUT2D eigenvalue weighted by molar-refractivity contribution is 0.0446. The minimum absolute atomic E-state index is 0.0756. The lowest BCUT2D eigenvalue weighted by Crippen LogP contribution is -2.07. The molecule has 104 valence electrons. The van der Waals surface area contributed by atoms with Crippen LogP contribution in [0.4, 0.5) is 0 Å². The number of carbonyl (C=O) groups is 1. The van der Waals surface area contributed by atoms with Crippen molar-refractivity contribution >= 4 is 16.9 Å². The Bertz CT molecular complexity index is 834. The third-order valence-corrected chi connectivity index (χ3v) is 3.04. The molecular formula is C17H12O4. The van der Waals surface area contributed by atoms with Crippen LogP contribution in [0.1, 0.15) is 16.1 Å². The standard InChI is InChI=1S/C17H12O4/c18-15-10-13(21-16-9-5-4-8-14(15)16)11-20-17(19)12-6-2-1-3-7-12/h1-10H,11H2. The van der Waals surface area contributed by atoms with Crippen LogP contribution in [-0.4, -0.2) is 5.97 Å². The molecule has 0 spiro atoms. The van der Waals surface area contributed by atoms with Gasteiger partial charge in [0.2, 0.25) is 0 Å². The molecule has 0 aliphatic carbocycles.